The molecule has 0 spiro atoms. The van der Waals surface area contributed by atoms with Crippen molar-refractivity contribution in [3.8, 4) is 17.6 Å². The van der Waals surface area contributed by atoms with E-state index < -0.39 is 0 Å². The highest BCUT2D eigenvalue weighted by Crippen LogP contribution is 2.22. The zero-order chi connectivity index (χ0) is 26.9. The molecule has 1 atom stereocenters. The van der Waals surface area contributed by atoms with Gasteiger partial charge in [-0.05, 0) is 48.4 Å². The van der Waals surface area contributed by atoms with Crippen molar-refractivity contribution in [2.75, 3.05) is 20.3 Å². The summed E-state index contributed by atoms with van der Waals surface area (Å²) in [5, 5.41) is 13.1. The minimum absolute atomic E-state index is 0.108. The highest BCUT2D eigenvalue weighted by Gasteiger charge is 2.22. The molecule has 1 aromatic heterocycles. The van der Waals surface area contributed by atoms with Crippen LogP contribution in [0.3, 0.4) is 0 Å². The minimum Gasteiger partial charge on any atom is -0.496 e. The Morgan fingerprint density at radius 3 is 2.50 bits per heavy atom. The molecule has 1 unspecified atom stereocenters. The molecule has 0 saturated carbocycles. The van der Waals surface area contributed by atoms with Crippen LogP contribution in [0.4, 0.5) is 0 Å². The quantitative estimate of drug-likeness (QED) is 0.314. The molecule has 38 heavy (non-hydrogen) atoms. The normalized spacial score (nSPS) is 11.4. The molecule has 1 heterocycles. The molecular formula is C30H30N4O4. The van der Waals surface area contributed by atoms with E-state index in [4.69, 9.17) is 14.7 Å². The summed E-state index contributed by atoms with van der Waals surface area (Å²) in [6.45, 7) is 1.98. The fourth-order valence-electron chi connectivity index (χ4n) is 4.38. The van der Waals surface area contributed by atoms with Crippen molar-refractivity contribution in [3.63, 3.8) is 0 Å². The molecule has 0 bridgehead atoms. The van der Waals surface area contributed by atoms with Crippen molar-refractivity contribution in [1.29, 1.82) is 5.26 Å². The summed E-state index contributed by atoms with van der Waals surface area (Å²) in [7, 11) is 1.60. The van der Waals surface area contributed by atoms with Gasteiger partial charge < -0.3 is 24.7 Å². The Hall–Kier alpha value is -4.77. The number of ether oxygens (including phenoxy) is 2. The third-order valence-corrected chi connectivity index (χ3v) is 6.30. The van der Waals surface area contributed by atoms with Gasteiger partial charge in [-0.2, -0.15) is 5.26 Å². The first-order valence-corrected chi connectivity index (χ1v) is 12.3. The van der Waals surface area contributed by atoms with Crippen LogP contribution in [-0.4, -0.2) is 48.0 Å². The summed E-state index contributed by atoms with van der Waals surface area (Å²) in [6.07, 6.45) is 2.46. The van der Waals surface area contributed by atoms with Gasteiger partial charge in [-0.25, -0.2) is 0 Å². The van der Waals surface area contributed by atoms with E-state index in [1.54, 1.807) is 36.3 Å². The molecule has 8 heteroatoms. The lowest BCUT2D eigenvalue weighted by atomic mass is 10.0. The number of carbonyl (C=O) groups excluding carboxylic acids is 2. The number of hydrogen-bond acceptors (Lipinski definition) is 5. The smallest absolute Gasteiger partial charge is 0.258 e. The molecule has 0 aliphatic rings. The second kappa shape index (κ2) is 12.5. The van der Waals surface area contributed by atoms with Crippen LogP contribution in [0, 0.1) is 11.3 Å². The molecule has 0 saturated heterocycles. The molecule has 0 fully saturated rings. The van der Waals surface area contributed by atoms with Crippen LogP contribution >= 0.6 is 0 Å². The van der Waals surface area contributed by atoms with E-state index in [0.29, 0.717) is 36.6 Å². The second-order valence-electron chi connectivity index (χ2n) is 8.96. The van der Waals surface area contributed by atoms with Crippen molar-refractivity contribution >= 4 is 22.7 Å². The summed E-state index contributed by atoms with van der Waals surface area (Å²) in [5.41, 5.74) is 3.44. The maximum absolute atomic E-state index is 12.9. The van der Waals surface area contributed by atoms with E-state index in [9.17, 15) is 9.59 Å². The number of rotatable bonds is 11. The number of para-hydroxylation sites is 2. The second-order valence-corrected chi connectivity index (χ2v) is 8.96. The Morgan fingerprint density at radius 2 is 1.76 bits per heavy atom. The van der Waals surface area contributed by atoms with Gasteiger partial charge in [0.2, 0.25) is 5.91 Å². The first-order valence-electron chi connectivity index (χ1n) is 12.3. The van der Waals surface area contributed by atoms with Crippen molar-refractivity contribution in [2.24, 2.45) is 0 Å². The van der Waals surface area contributed by atoms with Crippen molar-refractivity contribution in [2.45, 2.75) is 25.9 Å². The van der Waals surface area contributed by atoms with Gasteiger partial charge in [0, 0.05) is 42.7 Å². The van der Waals surface area contributed by atoms with Crippen molar-refractivity contribution in [1.82, 2.24) is 15.2 Å². The number of amides is 2. The summed E-state index contributed by atoms with van der Waals surface area (Å²) in [5.74, 6) is 0.781. The van der Waals surface area contributed by atoms with Gasteiger partial charge in [-0.3, -0.25) is 9.59 Å². The zero-order valence-electron chi connectivity index (χ0n) is 21.4. The SMILES string of the molecule is COc1ccccc1CN(CC(Cc1c[nH]c2ccccc12)NC(=O)COc1ccc(C#N)cc1)C(C)=O. The lowest BCUT2D eigenvalue weighted by molar-refractivity contribution is -0.131. The number of aromatic nitrogens is 1. The van der Waals surface area contributed by atoms with Crippen LogP contribution in [0.15, 0.2) is 79.0 Å². The van der Waals surface area contributed by atoms with E-state index in [0.717, 1.165) is 22.0 Å². The summed E-state index contributed by atoms with van der Waals surface area (Å²) in [6, 6.07) is 23.8. The fourth-order valence-corrected chi connectivity index (χ4v) is 4.38. The van der Waals surface area contributed by atoms with Gasteiger partial charge in [0.1, 0.15) is 11.5 Å². The van der Waals surface area contributed by atoms with Crippen molar-refractivity contribution < 1.29 is 19.1 Å². The molecule has 3 aromatic carbocycles. The van der Waals surface area contributed by atoms with E-state index in [-0.39, 0.29) is 24.5 Å². The third-order valence-electron chi connectivity index (χ3n) is 6.30. The van der Waals surface area contributed by atoms with Gasteiger partial charge in [-0.1, -0.05) is 36.4 Å². The Kier molecular flexibility index (Phi) is 8.62. The number of nitrogens with one attached hydrogen (secondary N) is 2. The largest absolute Gasteiger partial charge is 0.496 e. The Bertz CT molecular complexity index is 1440. The number of methoxy groups -OCH3 is 1. The fraction of sp³-hybridized carbons (Fsp3) is 0.233. The molecule has 0 aliphatic heterocycles. The van der Waals surface area contributed by atoms with E-state index in [2.05, 4.69) is 16.4 Å². The van der Waals surface area contributed by atoms with E-state index in [1.165, 1.54) is 6.92 Å². The lowest BCUT2D eigenvalue weighted by Gasteiger charge is -2.28. The van der Waals surface area contributed by atoms with Gasteiger partial charge in [0.25, 0.3) is 5.91 Å². The molecule has 0 aliphatic carbocycles. The minimum atomic E-state index is -0.370. The Morgan fingerprint density at radius 1 is 1.03 bits per heavy atom. The van der Waals surface area contributed by atoms with Crippen LogP contribution in [0.2, 0.25) is 0 Å². The third kappa shape index (κ3) is 6.71. The standard InChI is InChI=1S/C30H30N4O4/c1-21(35)34(18-23-7-3-6-10-29(23)37-2)19-25(15-24-17-32-28-9-5-4-8-27(24)28)33-30(36)20-38-26-13-11-22(16-31)12-14-26/h3-14,17,25,32H,15,18-20H2,1-2H3,(H,33,36). The topological polar surface area (TPSA) is 107 Å². The number of H-pyrrole nitrogens is 1. The number of hydrogen-bond donors (Lipinski definition) is 2. The van der Waals surface area contributed by atoms with Gasteiger partial charge in [0.15, 0.2) is 6.61 Å². The van der Waals surface area contributed by atoms with Crippen LogP contribution in [0.25, 0.3) is 10.9 Å². The molecule has 8 nitrogen and oxygen atoms in total. The average molecular weight is 511 g/mol. The van der Waals surface area contributed by atoms with E-state index >= 15 is 0 Å². The summed E-state index contributed by atoms with van der Waals surface area (Å²) < 4.78 is 11.1. The Labute approximate surface area is 221 Å². The molecule has 0 radical (unpaired) electrons. The molecule has 4 rings (SSSR count). The van der Waals surface area contributed by atoms with Crippen LogP contribution in [0.1, 0.15) is 23.6 Å². The highest BCUT2D eigenvalue weighted by atomic mass is 16.5. The number of nitriles is 1. The molecule has 2 amide bonds. The summed E-state index contributed by atoms with van der Waals surface area (Å²) in [4.78, 5) is 30.6. The van der Waals surface area contributed by atoms with Gasteiger partial charge >= 0.3 is 0 Å². The van der Waals surface area contributed by atoms with Crippen molar-refractivity contribution in [3.05, 3.63) is 95.7 Å². The molecule has 4 aromatic rings. The van der Waals surface area contributed by atoms with Gasteiger partial charge in [-0.15, -0.1) is 0 Å². The predicted octanol–water partition coefficient (Wildman–Crippen LogP) is 4.20. The first-order chi connectivity index (χ1) is 18.5. The number of nitrogens with zero attached hydrogens (tertiary/aromatic N) is 2. The maximum atomic E-state index is 12.9. The number of carbonyl (C=O) groups is 2. The Balaban J connectivity index is 1.51. The monoisotopic (exact) mass is 510 g/mol. The van der Waals surface area contributed by atoms with Crippen LogP contribution in [0.5, 0.6) is 11.5 Å². The highest BCUT2D eigenvalue weighted by molar-refractivity contribution is 5.83. The number of benzene rings is 3. The van der Waals surface area contributed by atoms with E-state index in [1.807, 2.05) is 54.7 Å². The molecule has 2 N–H and O–H groups in total. The zero-order valence-corrected chi connectivity index (χ0v) is 21.4. The average Bonchev–Trinajstić information content (AvgIpc) is 3.34. The number of fused-ring (bicyclic) bond motifs is 1. The molecule has 194 valence electrons. The lowest BCUT2D eigenvalue weighted by Crippen LogP contribution is -2.47. The van der Waals surface area contributed by atoms with Gasteiger partial charge in [0.05, 0.1) is 24.8 Å². The molecular weight excluding hydrogens is 480 g/mol. The van der Waals surface area contributed by atoms with Crippen LogP contribution < -0.4 is 14.8 Å². The first kappa shape index (κ1) is 26.3. The predicted molar refractivity (Wildman–Crippen MR) is 145 cm³/mol. The van der Waals surface area contributed by atoms with Crippen LogP contribution in [-0.2, 0) is 22.6 Å². The summed E-state index contributed by atoms with van der Waals surface area (Å²) >= 11 is 0. The maximum Gasteiger partial charge on any atom is 0.258 e. The number of aromatic amines is 1.